The molecular weight excluding hydrogens is 331 g/mol. The van der Waals surface area contributed by atoms with Gasteiger partial charge in [-0.3, -0.25) is 0 Å². The third kappa shape index (κ3) is 3.92. The highest BCUT2D eigenvalue weighted by molar-refractivity contribution is 9.10. The Bertz CT molecular complexity index is 594. The molecule has 0 aromatic heterocycles. The van der Waals surface area contributed by atoms with Crippen LogP contribution in [0.25, 0.3) is 0 Å². The fraction of sp³-hybridized carbons (Fsp3) is 0.333. The van der Waals surface area contributed by atoms with E-state index in [1.807, 2.05) is 12.1 Å². The van der Waals surface area contributed by atoms with Gasteiger partial charge in [0.25, 0.3) is 0 Å². The molecule has 0 amide bonds. The molecule has 1 nitrogen and oxygen atoms in total. The van der Waals surface area contributed by atoms with E-state index in [0.717, 1.165) is 5.56 Å². The Kier molecular flexibility index (Phi) is 4.84. The number of benzene rings is 2. The SMILES string of the molecule is CC(C)(C)c1ccc(CC(O)c2c(F)cccc2Br)cc1. The van der Waals surface area contributed by atoms with Crippen molar-refractivity contribution < 1.29 is 9.50 Å². The largest absolute Gasteiger partial charge is 0.388 e. The second-order valence-corrected chi connectivity index (χ2v) is 7.16. The molecule has 0 saturated heterocycles. The van der Waals surface area contributed by atoms with Crippen molar-refractivity contribution in [3.63, 3.8) is 0 Å². The summed E-state index contributed by atoms with van der Waals surface area (Å²) in [6.45, 7) is 6.48. The zero-order valence-corrected chi connectivity index (χ0v) is 14.1. The van der Waals surface area contributed by atoms with Gasteiger partial charge in [0, 0.05) is 16.5 Å². The first-order chi connectivity index (χ1) is 9.79. The predicted molar refractivity (Wildman–Crippen MR) is 87.9 cm³/mol. The minimum absolute atomic E-state index is 0.103. The van der Waals surface area contributed by atoms with E-state index in [0.29, 0.717) is 16.5 Å². The number of hydrogen-bond acceptors (Lipinski definition) is 1. The summed E-state index contributed by atoms with van der Waals surface area (Å²) >= 11 is 3.30. The number of aliphatic hydroxyl groups excluding tert-OH is 1. The number of rotatable bonds is 3. The maximum atomic E-state index is 13.8. The van der Waals surface area contributed by atoms with Crippen LogP contribution >= 0.6 is 15.9 Å². The maximum Gasteiger partial charge on any atom is 0.130 e. The summed E-state index contributed by atoms with van der Waals surface area (Å²) in [6, 6.07) is 12.9. The average molecular weight is 351 g/mol. The molecule has 0 aliphatic rings. The first-order valence-electron chi connectivity index (χ1n) is 7.00. The average Bonchev–Trinajstić information content (AvgIpc) is 2.38. The van der Waals surface area contributed by atoms with Crippen molar-refractivity contribution in [3.05, 3.63) is 69.4 Å². The van der Waals surface area contributed by atoms with E-state index in [1.54, 1.807) is 12.1 Å². The Morgan fingerprint density at radius 1 is 1.10 bits per heavy atom. The molecule has 2 aromatic carbocycles. The molecule has 0 radical (unpaired) electrons. The van der Waals surface area contributed by atoms with Crippen molar-refractivity contribution in [2.24, 2.45) is 0 Å². The normalized spacial score (nSPS) is 13.2. The molecule has 0 heterocycles. The highest BCUT2D eigenvalue weighted by Crippen LogP contribution is 2.29. The number of halogens is 2. The molecule has 3 heteroatoms. The zero-order chi connectivity index (χ0) is 15.6. The van der Waals surface area contributed by atoms with Crippen LogP contribution in [-0.4, -0.2) is 5.11 Å². The summed E-state index contributed by atoms with van der Waals surface area (Å²) in [4.78, 5) is 0. The van der Waals surface area contributed by atoms with E-state index >= 15 is 0 Å². The van der Waals surface area contributed by atoms with Gasteiger partial charge in [-0.05, 0) is 28.7 Å². The van der Waals surface area contributed by atoms with Gasteiger partial charge in [-0.25, -0.2) is 4.39 Å². The second kappa shape index (κ2) is 6.29. The van der Waals surface area contributed by atoms with Crippen LogP contribution in [0.3, 0.4) is 0 Å². The highest BCUT2D eigenvalue weighted by atomic mass is 79.9. The van der Waals surface area contributed by atoms with E-state index in [9.17, 15) is 9.50 Å². The van der Waals surface area contributed by atoms with Crippen molar-refractivity contribution in [1.29, 1.82) is 0 Å². The molecule has 21 heavy (non-hydrogen) atoms. The highest BCUT2D eigenvalue weighted by Gasteiger charge is 2.17. The van der Waals surface area contributed by atoms with Crippen LogP contribution in [0.5, 0.6) is 0 Å². The molecule has 0 aliphatic heterocycles. The Balaban J connectivity index is 2.18. The molecule has 0 aliphatic carbocycles. The molecule has 0 bridgehead atoms. The van der Waals surface area contributed by atoms with Crippen molar-refractivity contribution in [3.8, 4) is 0 Å². The summed E-state index contributed by atoms with van der Waals surface area (Å²) in [5.74, 6) is -0.386. The third-order valence-electron chi connectivity index (χ3n) is 3.58. The Hall–Kier alpha value is -1.19. The van der Waals surface area contributed by atoms with E-state index in [-0.39, 0.29) is 11.2 Å². The molecule has 0 spiro atoms. The molecule has 0 fully saturated rings. The van der Waals surface area contributed by atoms with Gasteiger partial charge in [0.05, 0.1) is 6.10 Å². The number of hydrogen-bond donors (Lipinski definition) is 1. The van der Waals surface area contributed by atoms with Gasteiger partial charge in [0.15, 0.2) is 0 Å². The van der Waals surface area contributed by atoms with Crippen LogP contribution in [0, 0.1) is 5.82 Å². The van der Waals surface area contributed by atoms with Crippen LogP contribution < -0.4 is 0 Å². The van der Waals surface area contributed by atoms with Crippen molar-refractivity contribution in [2.75, 3.05) is 0 Å². The smallest absolute Gasteiger partial charge is 0.130 e. The van der Waals surface area contributed by atoms with Crippen molar-refractivity contribution in [1.82, 2.24) is 0 Å². The van der Waals surface area contributed by atoms with Gasteiger partial charge in [0.2, 0.25) is 0 Å². The molecule has 1 unspecified atom stereocenters. The summed E-state index contributed by atoms with van der Waals surface area (Å²) in [5.41, 5.74) is 2.65. The quantitative estimate of drug-likeness (QED) is 0.810. The predicted octanol–water partition coefficient (Wildman–Crippen LogP) is 5.16. The van der Waals surface area contributed by atoms with Gasteiger partial charge in [0.1, 0.15) is 5.82 Å². The summed E-state index contributed by atoms with van der Waals surface area (Å²) in [5, 5.41) is 10.3. The monoisotopic (exact) mass is 350 g/mol. The van der Waals surface area contributed by atoms with Crippen LogP contribution in [0.4, 0.5) is 4.39 Å². The van der Waals surface area contributed by atoms with E-state index in [4.69, 9.17) is 0 Å². The third-order valence-corrected chi connectivity index (χ3v) is 4.27. The van der Waals surface area contributed by atoms with Gasteiger partial charge in [-0.15, -0.1) is 0 Å². The first-order valence-corrected chi connectivity index (χ1v) is 7.80. The fourth-order valence-electron chi connectivity index (χ4n) is 2.30. The van der Waals surface area contributed by atoms with Gasteiger partial charge < -0.3 is 5.11 Å². The van der Waals surface area contributed by atoms with Gasteiger partial charge >= 0.3 is 0 Å². The van der Waals surface area contributed by atoms with Gasteiger partial charge in [-0.2, -0.15) is 0 Å². The molecule has 1 atom stereocenters. The summed E-state index contributed by atoms with van der Waals surface area (Å²) in [7, 11) is 0. The molecule has 112 valence electrons. The minimum atomic E-state index is -0.860. The lowest BCUT2D eigenvalue weighted by molar-refractivity contribution is 0.173. The maximum absolute atomic E-state index is 13.8. The van der Waals surface area contributed by atoms with Crippen LogP contribution in [0.15, 0.2) is 46.9 Å². The van der Waals surface area contributed by atoms with E-state index in [2.05, 4.69) is 48.8 Å². The van der Waals surface area contributed by atoms with Crippen molar-refractivity contribution >= 4 is 15.9 Å². The lowest BCUT2D eigenvalue weighted by Crippen LogP contribution is -2.11. The van der Waals surface area contributed by atoms with Crippen LogP contribution in [0.2, 0.25) is 0 Å². The minimum Gasteiger partial charge on any atom is -0.388 e. The van der Waals surface area contributed by atoms with E-state index < -0.39 is 6.10 Å². The van der Waals surface area contributed by atoms with Crippen LogP contribution in [0.1, 0.15) is 43.6 Å². The number of aliphatic hydroxyl groups is 1. The lowest BCUT2D eigenvalue weighted by atomic mass is 9.86. The van der Waals surface area contributed by atoms with Crippen LogP contribution in [-0.2, 0) is 11.8 Å². The zero-order valence-electron chi connectivity index (χ0n) is 12.5. The Morgan fingerprint density at radius 3 is 2.24 bits per heavy atom. The second-order valence-electron chi connectivity index (χ2n) is 6.30. The van der Waals surface area contributed by atoms with Crippen molar-refractivity contribution in [2.45, 2.75) is 38.7 Å². The molecule has 0 saturated carbocycles. The topological polar surface area (TPSA) is 20.2 Å². The fourth-order valence-corrected chi connectivity index (χ4v) is 2.90. The summed E-state index contributed by atoms with van der Waals surface area (Å²) < 4.78 is 14.4. The standard InChI is InChI=1S/C18H20BrFO/c1-18(2,3)13-9-7-12(8-10-13)11-16(21)17-14(19)5-4-6-15(17)20/h4-10,16,21H,11H2,1-3H3. The molecule has 2 aromatic rings. The van der Waals surface area contributed by atoms with E-state index in [1.165, 1.54) is 11.6 Å². The first kappa shape index (κ1) is 16.2. The Morgan fingerprint density at radius 2 is 1.71 bits per heavy atom. The Labute approximate surface area is 134 Å². The molecule has 1 N–H and O–H groups in total. The van der Waals surface area contributed by atoms with Gasteiger partial charge in [-0.1, -0.05) is 67.0 Å². The molecule has 2 rings (SSSR count). The summed E-state index contributed by atoms with van der Waals surface area (Å²) in [6.07, 6.45) is -0.467. The lowest BCUT2D eigenvalue weighted by Gasteiger charge is -2.20. The molecular formula is C18H20BrFO.